The highest BCUT2D eigenvalue weighted by Crippen LogP contribution is 2.31. The fourth-order valence-corrected chi connectivity index (χ4v) is 5.06. The summed E-state index contributed by atoms with van der Waals surface area (Å²) in [5, 5.41) is 5.86. The molecular weight excluding hydrogens is 344 g/mol. The zero-order valence-corrected chi connectivity index (χ0v) is 15.2. The van der Waals surface area contributed by atoms with Crippen molar-refractivity contribution in [3.8, 4) is 0 Å². The number of rotatable bonds is 3. The van der Waals surface area contributed by atoms with Gasteiger partial charge in [0.05, 0.1) is 0 Å². The summed E-state index contributed by atoms with van der Waals surface area (Å²) < 4.78 is 0. The van der Waals surface area contributed by atoms with Crippen LogP contribution in [-0.4, -0.2) is 58.7 Å². The van der Waals surface area contributed by atoms with Gasteiger partial charge in [-0.1, -0.05) is 12.1 Å². The van der Waals surface area contributed by atoms with Crippen molar-refractivity contribution in [2.45, 2.75) is 56.9 Å². The molecule has 27 heavy (non-hydrogen) atoms. The maximum absolute atomic E-state index is 12.8. The Labute approximate surface area is 158 Å². The zero-order chi connectivity index (χ0) is 18.5. The second-order valence-electron chi connectivity index (χ2n) is 8.11. The molecule has 5 rings (SSSR count). The Morgan fingerprint density at radius 2 is 1.81 bits per heavy atom. The number of carbonyl (C=O) groups is 3. The third-order valence-electron chi connectivity index (χ3n) is 6.48. The van der Waals surface area contributed by atoms with Gasteiger partial charge in [-0.2, -0.15) is 0 Å². The van der Waals surface area contributed by atoms with Crippen LogP contribution in [0.3, 0.4) is 0 Å². The fraction of sp³-hybridized carbons (Fsp3) is 0.550. The Balaban J connectivity index is 1.33. The van der Waals surface area contributed by atoms with E-state index >= 15 is 0 Å². The van der Waals surface area contributed by atoms with Gasteiger partial charge in [0.15, 0.2) is 0 Å². The number of benzene rings is 1. The average Bonchev–Trinajstić information content (AvgIpc) is 3.06. The lowest BCUT2D eigenvalue weighted by Crippen LogP contribution is -2.52. The topological polar surface area (TPSA) is 81.8 Å². The first kappa shape index (κ1) is 16.9. The summed E-state index contributed by atoms with van der Waals surface area (Å²) in [5.41, 5.74) is 2.90. The number of nitrogens with zero attached hydrogens (tertiary/aromatic N) is 2. The van der Waals surface area contributed by atoms with Crippen LogP contribution < -0.4 is 10.6 Å². The smallest absolute Gasteiger partial charge is 0.255 e. The van der Waals surface area contributed by atoms with Gasteiger partial charge in [0.25, 0.3) is 5.91 Å². The summed E-state index contributed by atoms with van der Waals surface area (Å²) >= 11 is 0. The van der Waals surface area contributed by atoms with E-state index in [1.54, 1.807) is 4.90 Å². The lowest BCUT2D eigenvalue weighted by molar-refractivity contribution is -0.136. The number of nitrogens with one attached hydrogen (secondary N) is 2. The number of hydrogen-bond acceptors (Lipinski definition) is 5. The highest BCUT2D eigenvalue weighted by molar-refractivity contribution is 6.05. The molecule has 2 bridgehead atoms. The van der Waals surface area contributed by atoms with E-state index in [0.29, 0.717) is 30.6 Å². The molecule has 1 aromatic rings. The Kier molecular flexibility index (Phi) is 4.02. The predicted octanol–water partition coefficient (Wildman–Crippen LogP) is 0.384. The van der Waals surface area contributed by atoms with Gasteiger partial charge in [-0.05, 0) is 36.5 Å². The number of carbonyl (C=O) groups excluding carboxylic acids is 3. The second kappa shape index (κ2) is 6.42. The minimum absolute atomic E-state index is 0.103. The molecule has 0 aliphatic carbocycles. The first-order valence-electron chi connectivity index (χ1n) is 9.83. The van der Waals surface area contributed by atoms with Gasteiger partial charge in [0.2, 0.25) is 11.8 Å². The molecule has 0 spiro atoms. The lowest BCUT2D eigenvalue weighted by Gasteiger charge is -2.35. The Morgan fingerprint density at radius 1 is 1.04 bits per heavy atom. The number of hydrogen-bond donors (Lipinski definition) is 2. The van der Waals surface area contributed by atoms with Crippen LogP contribution in [-0.2, 0) is 22.7 Å². The molecule has 7 heteroatoms. The second-order valence-corrected chi connectivity index (χ2v) is 8.11. The van der Waals surface area contributed by atoms with Crippen LogP contribution in [0.2, 0.25) is 0 Å². The number of fused-ring (bicyclic) bond motifs is 3. The van der Waals surface area contributed by atoms with Crippen molar-refractivity contribution in [3.05, 3.63) is 34.9 Å². The highest BCUT2D eigenvalue weighted by atomic mass is 16.2. The van der Waals surface area contributed by atoms with Crippen molar-refractivity contribution < 1.29 is 14.4 Å². The maximum Gasteiger partial charge on any atom is 0.255 e. The van der Waals surface area contributed by atoms with E-state index in [1.807, 2.05) is 12.1 Å². The normalized spacial score (nSPS) is 30.6. The van der Waals surface area contributed by atoms with Gasteiger partial charge in [-0.25, -0.2) is 0 Å². The minimum Gasteiger partial charge on any atom is -0.322 e. The molecule has 3 saturated heterocycles. The van der Waals surface area contributed by atoms with Gasteiger partial charge in [0, 0.05) is 50.2 Å². The molecule has 3 fully saturated rings. The Morgan fingerprint density at radius 3 is 2.56 bits per heavy atom. The van der Waals surface area contributed by atoms with E-state index < -0.39 is 6.04 Å². The van der Waals surface area contributed by atoms with Gasteiger partial charge < -0.3 is 10.2 Å². The summed E-state index contributed by atoms with van der Waals surface area (Å²) in [6.45, 7) is 3.48. The van der Waals surface area contributed by atoms with E-state index in [4.69, 9.17) is 0 Å². The van der Waals surface area contributed by atoms with Crippen molar-refractivity contribution in [2.24, 2.45) is 0 Å². The summed E-state index contributed by atoms with van der Waals surface area (Å²) in [7, 11) is 0. The third-order valence-corrected chi connectivity index (χ3v) is 6.48. The van der Waals surface area contributed by atoms with Crippen molar-refractivity contribution in [1.29, 1.82) is 0 Å². The highest BCUT2D eigenvalue weighted by Gasteiger charge is 2.40. The molecule has 0 aromatic heterocycles. The zero-order valence-electron chi connectivity index (χ0n) is 15.2. The number of piperidine rings is 1. The van der Waals surface area contributed by atoms with E-state index in [2.05, 4.69) is 21.6 Å². The molecule has 3 amide bonds. The summed E-state index contributed by atoms with van der Waals surface area (Å²) in [6, 6.07) is 6.75. The van der Waals surface area contributed by atoms with E-state index in [-0.39, 0.29) is 24.1 Å². The summed E-state index contributed by atoms with van der Waals surface area (Å²) in [4.78, 5) is 40.5. The van der Waals surface area contributed by atoms with Crippen LogP contribution in [0.4, 0.5) is 0 Å². The Bertz CT molecular complexity index is 807. The Hall–Kier alpha value is -2.25. The first-order valence-corrected chi connectivity index (χ1v) is 9.83. The molecule has 0 saturated carbocycles. The minimum atomic E-state index is -0.546. The van der Waals surface area contributed by atoms with Crippen molar-refractivity contribution >= 4 is 17.7 Å². The van der Waals surface area contributed by atoms with Gasteiger partial charge in [-0.3, -0.25) is 24.6 Å². The van der Waals surface area contributed by atoms with E-state index in [1.165, 1.54) is 18.4 Å². The SMILES string of the molecule is O=C1CCC(N2Cc3cc(CN4C5CCC4CNC5)ccc3C2=O)C(=O)N1. The number of piperazine rings is 1. The molecule has 142 valence electrons. The van der Waals surface area contributed by atoms with E-state index in [9.17, 15) is 14.4 Å². The van der Waals surface area contributed by atoms with Crippen LogP contribution in [0.1, 0.15) is 47.2 Å². The summed E-state index contributed by atoms with van der Waals surface area (Å²) in [5.74, 6) is -0.716. The third kappa shape index (κ3) is 2.85. The number of imide groups is 1. The molecule has 4 aliphatic heterocycles. The predicted molar refractivity (Wildman–Crippen MR) is 97.7 cm³/mol. The van der Waals surface area contributed by atoms with Gasteiger partial charge in [0.1, 0.15) is 6.04 Å². The van der Waals surface area contributed by atoms with Crippen molar-refractivity contribution in [3.63, 3.8) is 0 Å². The fourth-order valence-electron chi connectivity index (χ4n) is 5.06. The first-order chi connectivity index (χ1) is 13.1. The average molecular weight is 368 g/mol. The monoisotopic (exact) mass is 368 g/mol. The van der Waals surface area contributed by atoms with Gasteiger partial charge >= 0.3 is 0 Å². The van der Waals surface area contributed by atoms with Crippen molar-refractivity contribution in [2.75, 3.05) is 13.1 Å². The molecule has 4 heterocycles. The van der Waals surface area contributed by atoms with E-state index in [0.717, 1.165) is 25.2 Å². The molecule has 0 radical (unpaired) electrons. The molecular formula is C20H24N4O3. The van der Waals surface area contributed by atoms with Crippen molar-refractivity contribution in [1.82, 2.24) is 20.4 Å². The molecule has 1 aromatic carbocycles. The molecule has 7 nitrogen and oxygen atoms in total. The standard InChI is InChI=1S/C20H24N4O3/c25-18-6-5-17(19(26)22-18)24-11-13-7-12(1-4-16(13)20(24)27)10-23-14-2-3-15(23)9-21-8-14/h1,4,7,14-15,17,21H,2-3,5-6,8-11H2,(H,22,25,26). The molecule has 3 unspecified atom stereocenters. The van der Waals surface area contributed by atoms with Gasteiger partial charge in [-0.15, -0.1) is 0 Å². The largest absolute Gasteiger partial charge is 0.322 e. The molecule has 2 N–H and O–H groups in total. The van der Waals surface area contributed by atoms with Crippen LogP contribution >= 0.6 is 0 Å². The van der Waals surface area contributed by atoms with Crippen LogP contribution in [0.25, 0.3) is 0 Å². The maximum atomic E-state index is 12.8. The molecule has 4 aliphatic rings. The van der Waals surface area contributed by atoms with Crippen LogP contribution in [0, 0.1) is 0 Å². The van der Waals surface area contributed by atoms with Crippen LogP contribution in [0.5, 0.6) is 0 Å². The lowest BCUT2D eigenvalue weighted by atomic mass is 10.0. The number of amides is 3. The molecule has 3 atom stereocenters. The quantitative estimate of drug-likeness (QED) is 0.754. The van der Waals surface area contributed by atoms with Crippen LogP contribution in [0.15, 0.2) is 18.2 Å². The summed E-state index contributed by atoms with van der Waals surface area (Å²) in [6.07, 6.45) is 3.20.